The summed E-state index contributed by atoms with van der Waals surface area (Å²) < 4.78 is 1.71. The predicted molar refractivity (Wildman–Crippen MR) is 53.7 cm³/mol. The first kappa shape index (κ1) is 10.1. The predicted octanol–water partition coefficient (Wildman–Crippen LogP) is 1.73. The molecule has 1 N–H and O–H groups in total. The van der Waals surface area contributed by atoms with Crippen molar-refractivity contribution in [2.75, 3.05) is 0 Å². The highest BCUT2D eigenvalue weighted by molar-refractivity contribution is 5.82. The van der Waals surface area contributed by atoms with Crippen LogP contribution in [-0.4, -0.2) is 25.8 Å². The summed E-state index contributed by atoms with van der Waals surface area (Å²) >= 11 is 0. The molecule has 0 bridgehead atoms. The van der Waals surface area contributed by atoms with Crippen LogP contribution < -0.4 is 0 Å². The van der Waals surface area contributed by atoms with Gasteiger partial charge in [-0.05, 0) is 18.8 Å². The average Bonchev–Trinajstić information content (AvgIpc) is 2.66. The number of carboxylic acids is 1. The second kappa shape index (κ2) is 4.00. The Morgan fingerprint density at radius 2 is 2.40 bits per heavy atom. The van der Waals surface area contributed by atoms with E-state index in [-0.39, 0.29) is 5.82 Å². The third-order valence-corrected chi connectivity index (χ3v) is 2.98. The number of hydrogen-bond acceptors (Lipinski definition) is 3. The van der Waals surface area contributed by atoms with Crippen molar-refractivity contribution >= 4 is 5.97 Å². The smallest absolute Gasteiger partial charge is 0.375 e. The van der Waals surface area contributed by atoms with Gasteiger partial charge in [-0.25, -0.2) is 14.5 Å². The van der Waals surface area contributed by atoms with Crippen molar-refractivity contribution < 1.29 is 9.90 Å². The van der Waals surface area contributed by atoms with Gasteiger partial charge in [0, 0.05) is 0 Å². The summed E-state index contributed by atoms with van der Waals surface area (Å²) in [7, 11) is 0. The summed E-state index contributed by atoms with van der Waals surface area (Å²) in [6, 6.07) is 0.328. The second-order valence-electron chi connectivity index (χ2n) is 4.28. The maximum absolute atomic E-state index is 10.6. The molecule has 1 aliphatic rings. The number of nitrogens with zero attached hydrogens (tertiary/aromatic N) is 3. The number of aromatic carboxylic acids is 1. The minimum Gasteiger partial charge on any atom is -0.475 e. The molecular weight excluding hydrogens is 194 g/mol. The molecule has 0 aliphatic heterocycles. The standard InChI is InChI=1S/C10H15N3O2/c1-7-3-2-4-8(5-7)13-6-11-9(12-13)10(14)15/h6-8H,2-5H2,1H3,(H,14,15). The van der Waals surface area contributed by atoms with E-state index in [4.69, 9.17) is 5.11 Å². The lowest BCUT2D eigenvalue weighted by atomic mass is 9.87. The van der Waals surface area contributed by atoms with E-state index in [0.29, 0.717) is 12.0 Å². The largest absolute Gasteiger partial charge is 0.475 e. The third-order valence-electron chi connectivity index (χ3n) is 2.98. The van der Waals surface area contributed by atoms with E-state index in [1.807, 2.05) is 0 Å². The van der Waals surface area contributed by atoms with Gasteiger partial charge in [0.15, 0.2) is 0 Å². The van der Waals surface area contributed by atoms with E-state index in [0.717, 1.165) is 12.8 Å². The first-order valence-electron chi connectivity index (χ1n) is 5.31. The van der Waals surface area contributed by atoms with Gasteiger partial charge in [-0.2, -0.15) is 0 Å². The molecule has 2 rings (SSSR count). The fourth-order valence-corrected chi connectivity index (χ4v) is 2.19. The molecule has 1 heterocycles. The molecule has 1 aliphatic carbocycles. The minimum atomic E-state index is -1.06. The summed E-state index contributed by atoms with van der Waals surface area (Å²) in [4.78, 5) is 14.4. The van der Waals surface area contributed by atoms with Crippen LogP contribution in [0.4, 0.5) is 0 Å². The molecule has 0 spiro atoms. The Morgan fingerprint density at radius 3 is 3.00 bits per heavy atom. The van der Waals surface area contributed by atoms with Crippen molar-refractivity contribution in [1.29, 1.82) is 0 Å². The van der Waals surface area contributed by atoms with Crippen LogP contribution in [0.15, 0.2) is 6.33 Å². The molecule has 0 aromatic carbocycles. The molecule has 5 heteroatoms. The second-order valence-corrected chi connectivity index (χ2v) is 4.28. The van der Waals surface area contributed by atoms with Gasteiger partial charge in [-0.15, -0.1) is 5.10 Å². The van der Waals surface area contributed by atoms with Gasteiger partial charge in [0.25, 0.3) is 5.82 Å². The molecule has 1 fully saturated rings. The fourth-order valence-electron chi connectivity index (χ4n) is 2.19. The molecule has 2 atom stereocenters. The monoisotopic (exact) mass is 209 g/mol. The fraction of sp³-hybridized carbons (Fsp3) is 0.700. The molecule has 15 heavy (non-hydrogen) atoms. The van der Waals surface area contributed by atoms with E-state index in [1.54, 1.807) is 4.68 Å². The lowest BCUT2D eigenvalue weighted by molar-refractivity contribution is 0.0682. The maximum atomic E-state index is 10.6. The Balaban J connectivity index is 2.11. The molecule has 82 valence electrons. The number of carbonyl (C=O) groups is 1. The SMILES string of the molecule is CC1CCCC(n2cnc(C(=O)O)n2)C1. The van der Waals surface area contributed by atoms with Gasteiger partial charge in [-0.1, -0.05) is 19.8 Å². The number of aromatic nitrogens is 3. The molecule has 2 unspecified atom stereocenters. The van der Waals surface area contributed by atoms with Crippen LogP contribution >= 0.6 is 0 Å². The number of hydrogen-bond donors (Lipinski definition) is 1. The summed E-state index contributed by atoms with van der Waals surface area (Å²) in [6.07, 6.45) is 6.13. The first-order chi connectivity index (χ1) is 7.16. The van der Waals surface area contributed by atoms with Crippen LogP contribution in [0, 0.1) is 5.92 Å². The van der Waals surface area contributed by atoms with Crippen molar-refractivity contribution in [2.45, 2.75) is 38.6 Å². The third kappa shape index (κ3) is 2.16. The quantitative estimate of drug-likeness (QED) is 0.805. The maximum Gasteiger partial charge on any atom is 0.375 e. The lowest BCUT2D eigenvalue weighted by Gasteiger charge is -2.26. The van der Waals surface area contributed by atoms with Crippen LogP contribution in [0.5, 0.6) is 0 Å². The van der Waals surface area contributed by atoms with E-state index < -0.39 is 5.97 Å². The molecule has 1 aromatic heterocycles. The summed E-state index contributed by atoms with van der Waals surface area (Å²) in [5.41, 5.74) is 0. The van der Waals surface area contributed by atoms with Crippen molar-refractivity contribution in [3.05, 3.63) is 12.2 Å². The number of rotatable bonds is 2. The van der Waals surface area contributed by atoms with Crippen LogP contribution in [-0.2, 0) is 0 Å². The molecule has 1 saturated carbocycles. The number of carboxylic acid groups (broad SMARTS) is 1. The van der Waals surface area contributed by atoms with Crippen molar-refractivity contribution in [2.24, 2.45) is 5.92 Å². The lowest BCUT2D eigenvalue weighted by Crippen LogP contribution is -2.18. The highest BCUT2D eigenvalue weighted by Gasteiger charge is 2.22. The van der Waals surface area contributed by atoms with Crippen LogP contribution in [0.25, 0.3) is 0 Å². The van der Waals surface area contributed by atoms with E-state index in [9.17, 15) is 4.79 Å². The zero-order chi connectivity index (χ0) is 10.8. The zero-order valence-corrected chi connectivity index (χ0v) is 8.76. The van der Waals surface area contributed by atoms with Crippen molar-refractivity contribution in [1.82, 2.24) is 14.8 Å². The average molecular weight is 209 g/mol. The molecule has 0 radical (unpaired) electrons. The Hall–Kier alpha value is -1.39. The van der Waals surface area contributed by atoms with Crippen LogP contribution in [0.3, 0.4) is 0 Å². The van der Waals surface area contributed by atoms with Gasteiger partial charge in [0.1, 0.15) is 6.33 Å². The Labute approximate surface area is 88.1 Å². The highest BCUT2D eigenvalue weighted by Crippen LogP contribution is 2.31. The molecular formula is C10H15N3O2. The van der Waals surface area contributed by atoms with Gasteiger partial charge < -0.3 is 5.11 Å². The molecule has 0 saturated heterocycles. The van der Waals surface area contributed by atoms with Crippen molar-refractivity contribution in [3.63, 3.8) is 0 Å². The van der Waals surface area contributed by atoms with Crippen molar-refractivity contribution in [3.8, 4) is 0 Å². The summed E-state index contributed by atoms with van der Waals surface area (Å²) in [6.45, 7) is 2.22. The van der Waals surface area contributed by atoms with Crippen LogP contribution in [0.1, 0.15) is 49.3 Å². The molecule has 1 aromatic rings. The summed E-state index contributed by atoms with van der Waals surface area (Å²) in [5.74, 6) is -0.466. The Morgan fingerprint density at radius 1 is 1.60 bits per heavy atom. The van der Waals surface area contributed by atoms with Gasteiger partial charge in [0.2, 0.25) is 0 Å². The Kier molecular flexibility index (Phi) is 2.70. The summed E-state index contributed by atoms with van der Waals surface area (Å²) in [5, 5.41) is 12.7. The normalized spacial score (nSPS) is 26.5. The molecule has 0 amide bonds. The highest BCUT2D eigenvalue weighted by atomic mass is 16.4. The van der Waals surface area contributed by atoms with Gasteiger partial charge >= 0.3 is 5.97 Å². The van der Waals surface area contributed by atoms with E-state index in [1.165, 1.54) is 19.2 Å². The van der Waals surface area contributed by atoms with E-state index in [2.05, 4.69) is 17.0 Å². The van der Waals surface area contributed by atoms with Gasteiger partial charge in [0.05, 0.1) is 6.04 Å². The molecule has 5 nitrogen and oxygen atoms in total. The first-order valence-corrected chi connectivity index (χ1v) is 5.31. The van der Waals surface area contributed by atoms with Gasteiger partial charge in [-0.3, -0.25) is 0 Å². The minimum absolute atomic E-state index is 0.103. The Bertz CT molecular complexity index is 361. The van der Waals surface area contributed by atoms with Crippen LogP contribution in [0.2, 0.25) is 0 Å². The van der Waals surface area contributed by atoms with E-state index >= 15 is 0 Å². The zero-order valence-electron chi connectivity index (χ0n) is 8.76. The topological polar surface area (TPSA) is 68.0 Å².